The summed E-state index contributed by atoms with van der Waals surface area (Å²) >= 11 is 0. The summed E-state index contributed by atoms with van der Waals surface area (Å²) < 4.78 is 23.9. The Morgan fingerprint density at radius 2 is 1.83 bits per heavy atom. The van der Waals surface area contributed by atoms with Crippen molar-refractivity contribution < 1.29 is 18.7 Å². The summed E-state index contributed by atoms with van der Waals surface area (Å²) in [7, 11) is 3.14. The lowest BCUT2D eigenvalue weighted by atomic mass is 10.2. The lowest BCUT2D eigenvalue weighted by Crippen LogP contribution is -2.32. The van der Waals surface area contributed by atoms with Crippen LogP contribution in [-0.4, -0.2) is 30.0 Å². The number of hydrogen-bond donors (Lipinski definition) is 1. The second-order valence-corrected chi connectivity index (χ2v) is 6.61. The van der Waals surface area contributed by atoms with Gasteiger partial charge in [-0.2, -0.15) is 0 Å². The van der Waals surface area contributed by atoms with Crippen LogP contribution < -0.4 is 14.8 Å². The monoisotopic (exact) mass is 393 g/mol. The lowest BCUT2D eigenvalue weighted by Gasteiger charge is -2.27. The Bertz CT molecular complexity index is 1040. The highest BCUT2D eigenvalue weighted by molar-refractivity contribution is 5.98. The van der Waals surface area contributed by atoms with Crippen LogP contribution in [-0.2, 0) is 6.54 Å². The van der Waals surface area contributed by atoms with Crippen LogP contribution in [0.1, 0.15) is 27.8 Å². The Hall–Kier alpha value is -3.61. The van der Waals surface area contributed by atoms with Gasteiger partial charge < -0.3 is 19.7 Å². The van der Waals surface area contributed by atoms with Crippen molar-refractivity contribution in [2.24, 2.45) is 0 Å². The van der Waals surface area contributed by atoms with E-state index in [0.717, 1.165) is 11.3 Å². The Labute approximate surface area is 167 Å². The van der Waals surface area contributed by atoms with Gasteiger partial charge in [-0.25, -0.2) is 4.39 Å². The number of amides is 1. The smallest absolute Gasteiger partial charge is 0.258 e. The average Bonchev–Trinajstić information content (AvgIpc) is 3.01. The summed E-state index contributed by atoms with van der Waals surface area (Å²) in [6.45, 7) is 0.320. The quantitative estimate of drug-likeness (QED) is 0.686. The number of fused-ring (bicyclic) bond motifs is 1. The highest BCUT2D eigenvalue weighted by Gasteiger charge is 2.38. The van der Waals surface area contributed by atoms with Crippen molar-refractivity contribution in [2.45, 2.75) is 12.7 Å². The van der Waals surface area contributed by atoms with E-state index >= 15 is 0 Å². The third kappa shape index (κ3) is 3.59. The van der Waals surface area contributed by atoms with Crippen molar-refractivity contribution in [3.8, 4) is 11.5 Å². The molecule has 0 fully saturated rings. The predicted molar refractivity (Wildman–Crippen MR) is 106 cm³/mol. The summed E-state index contributed by atoms with van der Waals surface area (Å²) in [6.07, 6.45) is 1.19. The fraction of sp³-hybridized carbons (Fsp3) is 0.182. The van der Waals surface area contributed by atoms with Gasteiger partial charge in [-0.05, 0) is 42.0 Å². The van der Waals surface area contributed by atoms with E-state index in [1.807, 2.05) is 6.07 Å². The van der Waals surface area contributed by atoms with Crippen molar-refractivity contribution in [3.63, 3.8) is 0 Å². The second-order valence-electron chi connectivity index (χ2n) is 6.61. The molecule has 1 aliphatic rings. The Balaban J connectivity index is 1.67. The van der Waals surface area contributed by atoms with Gasteiger partial charge in [0.25, 0.3) is 5.91 Å². The number of nitrogens with one attached hydrogen (secondary N) is 1. The minimum atomic E-state index is -0.471. The molecule has 2 heterocycles. The predicted octanol–water partition coefficient (Wildman–Crippen LogP) is 4.00. The van der Waals surface area contributed by atoms with E-state index in [1.54, 1.807) is 61.7 Å². The van der Waals surface area contributed by atoms with Crippen LogP contribution in [0.3, 0.4) is 0 Å². The average molecular weight is 393 g/mol. The van der Waals surface area contributed by atoms with Crippen LogP contribution >= 0.6 is 0 Å². The Morgan fingerprint density at radius 1 is 1.07 bits per heavy atom. The number of rotatable bonds is 6. The van der Waals surface area contributed by atoms with Gasteiger partial charge >= 0.3 is 0 Å². The molecule has 1 aliphatic heterocycles. The molecule has 6 nitrogen and oxygen atoms in total. The topological polar surface area (TPSA) is 63.7 Å². The molecule has 1 aromatic heterocycles. The summed E-state index contributed by atoms with van der Waals surface area (Å²) in [5.41, 5.74) is 2.77. The van der Waals surface area contributed by atoms with Crippen LogP contribution in [0.15, 0.2) is 60.8 Å². The third-order valence-electron chi connectivity index (χ3n) is 4.85. The highest BCUT2D eigenvalue weighted by atomic mass is 19.1. The molecule has 7 heteroatoms. The van der Waals surface area contributed by atoms with Gasteiger partial charge in [0.2, 0.25) is 0 Å². The Kier molecular flexibility index (Phi) is 5.03. The largest absolute Gasteiger partial charge is 0.493 e. The molecule has 29 heavy (non-hydrogen) atoms. The second kappa shape index (κ2) is 7.79. The molecule has 2 aromatic carbocycles. The molecule has 1 atom stereocenters. The molecule has 0 saturated heterocycles. The van der Waals surface area contributed by atoms with Crippen LogP contribution in [0, 0.1) is 5.82 Å². The van der Waals surface area contributed by atoms with Crippen molar-refractivity contribution in [1.82, 2.24) is 9.88 Å². The van der Waals surface area contributed by atoms with E-state index in [-0.39, 0.29) is 11.7 Å². The lowest BCUT2D eigenvalue weighted by molar-refractivity contribution is 0.0727. The van der Waals surface area contributed by atoms with Gasteiger partial charge in [0.1, 0.15) is 12.0 Å². The minimum absolute atomic E-state index is 0.129. The van der Waals surface area contributed by atoms with Gasteiger partial charge in [0.15, 0.2) is 11.5 Å². The molecule has 0 saturated carbocycles. The van der Waals surface area contributed by atoms with E-state index < -0.39 is 6.17 Å². The number of aromatic nitrogens is 1. The van der Waals surface area contributed by atoms with Crippen molar-refractivity contribution in [1.29, 1.82) is 0 Å². The molecule has 0 bridgehead atoms. The van der Waals surface area contributed by atoms with Crippen LogP contribution in [0.2, 0.25) is 0 Å². The van der Waals surface area contributed by atoms with E-state index in [9.17, 15) is 9.18 Å². The zero-order valence-corrected chi connectivity index (χ0v) is 16.1. The number of benzene rings is 2. The maximum Gasteiger partial charge on any atom is 0.258 e. The maximum atomic E-state index is 13.3. The zero-order chi connectivity index (χ0) is 20.4. The first-order chi connectivity index (χ1) is 14.1. The summed E-state index contributed by atoms with van der Waals surface area (Å²) in [5.74, 6) is 0.747. The molecule has 1 unspecified atom stereocenters. The number of carbonyl (C=O) groups excluding carboxylic acids is 1. The SMILES string of the molecule is COc1ccc(NC2c3ncccc3C(=O)N2Cc2ccc(F)cc2)cc1OC. The van der Waals surface area contributed by atoms with Crippen LogP contribution in [0.5, 0.6) is 11.5 Å². The normalized spacial score (nSPS) is 15.2. The van der Waals surface area contributed by atoms with Crippen molar-refractivity contribution >= 4 is 11.6 Å². The standard InChI is InChI=1S/C22H20FN3O3/c1-28-18-10-9-16(12-19(18)29-2)25-21-20-17(4-3-11-24-20)22(27)26(21)13-14-5-7-15(23)8-6-14/h3-12,21,25H,13H2,1-2H3. The molecular weight excluding hydrogens is 373 g/mol. The molecule has 3 aromatic rings. The fourth-order valence-electron chi connectivity index (χ4n) is 3.42. The van der Waals surface area contributed by atoms with E-state index in [1.165, 1.54) is 12.1 Å². The zero-order valence-electron chi connectivity index (χ0n) is 16.1. The number of ether oxygens (including phenoxy) is 2. The number of pyridine rings is 1. The highest BCUT2D eigenvalue weighted by Crippen LogP contribution is 2.36. The van der Waals surface area contributed by atoms with Crippen LogP contribution in [0.25, 0.3) is 0 Å². The maximum absolute atomic E-state index is 13.3. The summed E-state index contributed by atoms with van der Waals surface area (Å²) in [6, 6.07) is 15.1. The molecule has 1 N–H and O–H groups in total. The minimum Gasteiger partial charge on any atom is -0.493 e. The molecule has 4 rings (SSSR count). The first kappa shape index (κ1) is 18.7. The fourth-order valence-corrected chi connectivity index (χ4v) is 3.42. The third-order valence-corrected chi connectivity index (χ3v) is 4.85. The molecule has 1 amide bonds. The van der Waals surface area contributed by atoms with Gasteiger partial charge in [0, 0.05) is 24.5 Å². The number of halogens is 1. The number of hydrogen-bond acceptors (Lipinski definition) is 5. The summed E-state index contributed by atoms with van der Waals surface area (Å²) in [5, 5.41) is 3.37. The van der Waals surface area contributed by atoms with E-state index in [0.29, 0.717) is 29.3 Å². The van der Waals surface area contributed by atoms with Gasteiger partial charge in [0.05, 0.1) is 25.5 Å². The van der Waals surface area contributed by atoms with Gasteiger partial charge in [-0.3, -0.25) is 9.78 Å². The van der Waals surface area contributed by atoms with Gasteiger partial charge in [-0.15, -0.1) is 0 Å². The van der Waals surface area contributed by atoms with Crippen LogP contribution in [0.4, 0.5) is 10.1 Å². The first-order valence-corrected chi connectivity index (χ1v) is 9.09. The number of methoxy groups -OCH3 is 2. The van der Waals surface area contributed by atoms with E-state index in [2.05, 4.69) is 10.3 Å². The summed E-state index contributed by atoms with van der Waals surface area (Å²) in [4.78, 5) is 19.1. The molecular formula is C22H20FN3O3. The molecule has 0 aliphatic carbocycles. The molecule has 0 radical (unpaired) electrons. The number of nitrogens with zero attached hydrogens (tertiary/aromatic N) is 2. The number of carbonyl (C=O) groups is 1. The first-order valence-electron chi connectivity index (χ1n) is 9.09. The van der Waals surface area contributed by atoms with Crippen molar-refractivity contribution in [2.75, 3.05) is 19.5 Å². The molecule has 0 spiro atoms. The Morgan fingerprint density at radius 3 is 2.55 bits per heavy atom. The van der Waals surface area contributed by atoms with Crippen molar-refractivity contribution in [3.05, 3.63) is 83.4 Å². The van der Waals surface area contributed by atoms with E-state index in [4.69, 9.17) is 9.47 Å². The van der Waals surface area contributed by atoms with Gasteiger partial charge in [-0.1, -0.05) is 12.1 Å². The molecule has 148 valence electrons. The number of anilines is 1.